The molecule has 2 rings (SSSR count). The minimum absolute atomic E-state index is 0.230. The van der Waals surface area contributed by atoms with E-state index in [-0.39, 0.29) is 6.10 Å². The molecule has 1 unspecified atom stereocenters. The number of aromatic nitrogens is 1. The van der Waals surface area contributed by atoms with E-state index in [4.69, 9.17) is 0 Å². The molecule has 0 saturated heterocycles. The second-order valence-electron chi connectivity index (χ2n) is 7.14. The number of rotatable bonds is 10. The van der Waals surface area contributed by atoms with Crippen LogP contribution in [0.4, 0.5) is 0 Å². The van der Waals surface area contributed by atoms with Crippen LogP contribution in [0.15, 0.2) is 48.7 Å². The molecule has 3 heteroatoms. The quantitative estimate of drug-likeness (QED) is 0.709. The summed E-state index contributed by atoms with van der Waals surface area (Å²) in [6.07, 6.45) is 3.82. The Kier molecular flexibility index (Phi) is 7.54. The van der Waals surface area contributed by atoms with E-state index in [1.807, 2.05) is 0 Å². The van der Waals surface area contributed by atoms with Gasteiger partial charge in [0.25, 0.3) is 0 Å². The van der Waals surface area contributed by atoms with Crippen molar-refractivity contribution >= 4 is 0 Å². The van der Waals surface area contributed by atoms with E-state index < -0.39 is 0 Å². The normalized spacial score (nSPS) is 12.9. The van der Waals surface area contributed by atoms with Crippen molar-refractivity contribution in [2.45, 2.75) is 52.8 Å². The molecule has 132 valence electrons. The Morgan fingerprint density at radius 2 is 1.79 bits per heavy atom. The van der Waals surface area contributed by atoms with Gasteiger partial charge in [-0.2, -0.15) is 0 Å². The van der Waals surface area contributed by atoms with Crippen molar-refractivity contribution in [2.24, 2.45) is 5.92 Å². The lowest BCUT2D eigenvalue weighted by Crippen LogP contribution is -2.35. The summed E-state index contributed by atoms with van der Waals surface area (Å²) in [5.74, 6) is 0.594. The predicted octanol–water partition coefficient (Wildman–Crippen LogP) is 4.16. The highest BCUT2D eigenvalue weighted by atomic mass is 16.3. The summed E-state index contributed by atoms with van der Waals surface area (Å²) in [4.78, 5) is 2.39. The van der Waals surface area contributed by atoms with Crippen LogP contribution in [0.3, 0.4) is 0 Å². The Balaban J connectivity index is 2.04. The van der Waals surface area contributed by atoms with Crippen molar-refractivity contribution in [1.29, 1.82) is 0 Å². The molecule has 0 saturated carbocycles. The van der Waals surface area contributed by atoms with Gasteiger partial charge in [-0.3, -0.25) is 4.90 Å². The molecule has 1 heterocycles. The maximum atomic E-state index is 10.2. The standard InChI is InChI=1S/C21H32N2O/c1-4-9-21(24)17-22(14-18(2)3)16-20-12-8-13-23(20)15-19-10-6-5-7-11-19/h5-8,10-13,18,21,24H,4,9,14-17H2,1-3H3. The molecule has 24 heavy (non-hydrogen) atoms. The topological polar surface area (TPSA) is 28.4 Å². The fourth-order valence-electron chi connectivity index (χ4n) is 3.20. The number of hydrogen-bond donors (Lipinski definition) is 1. The first-order valence-electron chi connectivity index (χ1n) is 9.16. The van der Waals surface area contributed by atoms with Gasteiger partial charge in [-0.05, 0) is 30.0 Å². The fraction of sp³-hybridized carbons (Fsp3) is 0.524. The highest BCUT2D eigenvalue weighted by Gasteiger charge is 2.15. The lowest BCUT2D eigenvalue weighted by atomic mass is 10.1. The molecular formula is C21H32N2O. The van der Waals surface area contributed by atoms with Gasteiger partial charge in [0.1, 0.15) is 0 Å². The Morgan fingerprint density at radius 1 is 1.04 bits per heavy atom. The summed E-state index contributed by atoms with van der Waals surface area (Å²) in [7, 11) is 0. The average Bonchev–Trinajstić information content (AvgIpc) is 2.94. The van der Waals surface area contributed by atoms with Gasteiger partial charge in [0.2, 0.25) is 0 Å². The third-order valence-corrected chi connectivity index (χ3v) is 4.22. The maximum Gasteiger partial charge on any atom is 0.0667 e. The molecule has 1 N–H and O–H groups in total. The van der Waals surface area contributed by atoms with Crippen LogP contribution in [0.5, 0.6) is 0 Å². The first-order chi connectivity index (χ1) is 11.6. The molecule has 2 aromatic rings. The van der Waals surface area contributed by atoms with E-state index in [0.29, 0.717) is 5.92 Å². The van der Waals surface area contributed by atoms with Crippen LogP contribution < -0.4 is 0 Å². The second kappa shape index (κ2) is 9.65. The van der Waals surface area contributed by atoms with Crippen molar-refractivity contribution < 1.29 is 5.11 Å². The van der Waals surface area contributed by atoms with Crippen LogP contribution in [0.2, 0.25) is 0 Å². The largest absolute Gasteiger partial charge is 0.392 e. The van der Waals surface area contributed by atoms with Gasteiger partial charge >= 0.3 is 0 Å². The first kappa shape index (κ1) is 18.8. The second-order valence-corrected chi connectivity index (χ2v) is 7.14. The van der Waals surface area contributed by atoms with Crippen LogP contribution in [-0.4, -0.2) is 33.8 Å². The summed E-state index contributed by atoms with van der Waals surface area (Å²) < 4.78 is 2.31. The Labute approximate surface area is 146 Å². The molecular weight excluding hydrogens is 296 g/mol. The minimum atomic E-state index is -0.230. The molecule has 3 nitrogen and oxygen atoms in total. The van der Waals surface area contributed by atoms with Crippen LogP contribution >= 0.6 is 0 Å². The van der Waals surface area contributed by atoms with Crippen molar-refractivity contribution in [3.63, 3.8) is 0 Å². The van der Waals surface area contributed by atoms with Gasteiger partial charge < -0.3 is 9.67 Å². The SMILES string of the molecule is CCCC(O)CN(Cc1cccn1Cc1ccccc1)CC(C)C. The molecule has 0 spiro atoms. The van der Waals surface area contributed by atoms with Gasteiger partial charge in [-0.1, -0.05) is 57.5 Å². The first-order valence-corrected chi connectivity index (χ1v) is 9.16. The average molecular weight is 329 g/mol. The third kappa shape index (κ3) is 6.14. The minimum Gasteiger partial charge on any atom is -0.392 e. The van der Waals surface area contributed by atoms with Crippen molar-refractivity contribution in [1.82, 2.24) is 9.47 Å². The number of benzene rings is 1. The van der Waals surface area contributed by atoms with Crippen LogP contribution in [0.1, 0.15) is 44.9 Å². The maximum absolute atomic E-state index is 10.2. The van der Waals surface area contributed by atoms with E-state index in [1.165, 1.54) is 11.3 Å². The van der Waals surface area contributed by atoms with Crippen LogP contribution in [0.25, 0.3) is 0 Å². The smallest absolute Gasteiger partial charge is 0.0667 e. The molecule has 0 aliphatic rings. The predicted molar refractivity (Wildman–Crippen MR) is 101 cm³/mol. The van der Waals surface area contributed by atoms with Crippen molar-refractivity contribution in [3.05, 3.63) is 59.9 Å². The summed E-state index contributed by atoms with van der Waals surface area (Å²) >= 11 is 0. The van der Waals surface area contributed by atoms with E-state index in [2.05, 4.69) is 78.9 Å². The molecule has 0 radical (unpaired) electrons. The van der Waals surface area contributed by atoms with Crippen molar-refractivity contribution in [3.8, 4) is 0 Å². The molecule has 1 aromatic heterocycles. The zero-order chi connectivity index (χ0) is 17.4. The summed E-state index contributed by atoms with van der Waals surface area (Å²) in [6.45, 7) is 10.2. The van der Waals surface area contributed by atoms with Gasteiger partial charge in [-0.25, -0.2) is 0 Å². The lowest BCUT2D eigenvalue weighted by Gasteiger charge is -2.27. The van der Waals surface area contributed by atoms with Crippen molar-refractivity contribution in [2.75, 3.05) is 13.1 Å². The van der Waals surface area contributed by atoms with E-state index in [0.717, 1.165) is 39.0 Å². The van der Waals surface area contributed by atoms with E-state index in [1.54, 1.807) is 0 Å². The van der Waals surface area contributed by atoms with Gasteiger partial charge in [0.15, 0.2) is 0 Å². The summed E-state index contributed by atoms with van der Waals surface area (Å²) in [5.41, 5.74) is 2.62. The molecule has 0 aliphatic carbocycles. The number of aliphatic hydroxyl groups excluding tert-OH is 1. The molecule has 0 fully saturated rings. The molecule has 1 aromatic carbocycles. The highest BCUT2D eigenvalue weighted by molar-refractivity contribution is 5.17. The summed E-state index contributed by atoms with van der Waals surface area (Å²) in [6, 6.07) is 14.9. The third-order valence-electron chi connectivity index (χ3n) is 4.22. The van der Waals surface area contributed by atoms with E-state index >= 15 is 0 Å². The molecule has 0 amide bonds. The number of hydrogen-bond acceptors (Lipinski definition) is 2. The fourth-order valence-corrected chi connectivity index (χ4v) is 3.20. The molecule has 1 atom stereocenters. The Morgan fingerprint density at radius 3 is 2.46 bits per heavy atom. The zero-order valence-corrected chi connectivity index (χ0v) is 15.4. The highest BCUT2D eigenvalue weighted by Crippen LogP contribution is 2.13. The van der Waals surface area contributed by atoms with Gasteiger partial charge in [-0.15, -0.1) is 0 Å². The Hall–Kier alpha value is -1.58. The number of nitrogens with zero attached hydrogens (tertiary/aromatic N) is 2. The van der Waals surface area contributed by atoms with Crippen LogP contribution in [-0.2, 0) is 13.1 Å². The summed E-state index contributed by atoms with van der Waals surface area (Å²) in [5, 5.41) is 10.2. The van der Waals surface area contributed by atoms with Crippen LogP contribution in [0, 0.1) is 5.92 Å². The zero-order valence-electron chi connectivity index (χ0n) is 15.4. The van der Waals surface area contributed by atoms with E-state index in [9.17, 15) is 5.11 Å². The van der Waals surface area contributed by atoms with Gasteiger partial charge in [0, 0.05) is 38.1 Å². The molecule has 0 aliphatic heterocycles. The van der Waals surface area contributed by atoms with Gasteiger partial charge in [0.05, 0.1) is 6.10 Å². The Bertz CT molecular complexity index is 577. The molecule has 0 bridgehead atoms. The number of aliphatic hydroxyl groups is 1. The monoisotopic (exact) mass is 328 g/mol. The lowest BCUT2D eigenvalue weighted by molar-refractivity contribution is 0.0932.